The normalized spacial score (nSPS) is 12.0. The van der Waals surface area contributed by atoms with Gasteiger partial charge in [-0.25, -0.2) is 4.98 Å². The van der Waals surface area contributed by atoms with Crippen LogP contribution in [0.5, 0.6) is 0 Å². The molecule has 2 N–H and O–H groups in total. The smallest absolute Gasteiger partial charge is 0.114 e. The van der Waals surface area contributed by atoms with Crippen molar-refractivity contribution in [3.8, 4) is 6.07 Å². The summed E-state index contributed by atoms with van der Waals surface area (Å²) in [4.78, 5) is 7.90. The average molecular weight is 180 g/mol. The molecule has 0 aliphatic rings. The predicted octanol–water partition coefficient (Wildman–Crippen LogP) is 0.420. The number of thioether (sulfide) groups is 1. The van der Waals surface area contributed by atoms with E-state index in [0.717, 1.165) is 5.03 Å². The zero-order chi connectivity index (χ0) is 8.81. The van der Waals surface area contributed by atoms with Crippen molar-refractivity contribution in [2.24, 2.45) is 5.73 Å². The first kappa shape index (κ1) is 8.97. The van der Waals surface area contributed by atoms with E-state index in [4.69, 9.17) is 11.0 Å². The number of hydrogen-bond donors (Lipinski definition) is 1. The number of nitrogens with zero attached hydrogens (tertiary/aromatic N) is 3. The summed E-state index contributed by atoms with van der Waals surface area (Å²) in [5.41, 5.74) is 5.39. The molecule has 0 aromatic carbocycles. The lowest BCUT2D eigenvalue weighted by Gasteiger charge is -1.99. The molecule has 0 fully saturated rings. The first-order chi connectivity index (χ1) is 5.83. The molecule has 1 aromatic rings. The molecule has 1 atom stereocenters. The zero-order valence-electron chi connectivity index (χ0n) is 6.34. The number of nitriles is 1. The summed E-state index contributed by atoms with van der Waals surface area (Å²) in [5, 5.41) is 9.18. The van der Waals surface area contributed by atoms with Crippen LogP contribution < -0.4 is 5.73 Å². The topological polar surface area (TPSA) is 75.6 Å². The van der Waals surface area contributed by atoms with Gasteiger partial charge in [-0.15, -0.1) is 11.8 Å². The molecule has 5 heteroatoms. The van der Waals surface area contributed by atoms with E-state index >= 15 is 0 Å². The second kappa shape index (κ2) is 4.70. The predicted molar refractivity (Wildman–Crippen MR) is 46.3 cm³/mol. The van der Waals surface area contributed by atoms with Gasteiger partial charge in [0.2, 0.25) is 0 Å². The van der Waals surface area contributed by atoms with Gasteiger partial charge in [-0.2, -0.15) is 5.26 Å². The van der Waals surface area contributed by atoms with Crippen LogP contribution in [-0.4, -0.2) is 21.8 Å². The fraction of sp³-hybridized carbons (Fsp3) is 0.286. The summed E-state index contributed by atoms with van der Waals surface area (Å²) < 4.78 is 0. The van der Waals surface area contributed by atoms with E-state index in [-0.39, 0.29) is 0 Å². The molecule has 4 nitrogen and oxygen atoms in total. The standard InChI is InChI=1S/C7H8N4S/c8-3-6(9)5-12-7-4-10-1-2-11-7/h1-2,4,6H,5,9H2. The lowest BCUT2D eigenvalue weighted by atomic mass is 10.4. The summed E-state index contributed by atoms with van der Waals surface area (Å²) in [6.07, 6.45) is 4.86. The van der Waals surface area contributed by atoms with Gasteiger partial charge in [0.25, 0.3) is 0 Å². The molecule has 0 amide bonds. The molecule has 62 valence electrons. The maximum atomic E-state index is 8.39. The van der Waals surface area contributed by atoms with E-state index in [1.54, 1.807) is 18.6 Å². The third-order valence-corrected chi connectivity index (χ3v) is 2.15. The van der Waals surface area contributed by atoms with Gasteiger partial charge < -0.3 is 5.73 Å². The lowest BCUT2D eigenvalue weighted by molar-refractivity contribution is 0.947. The van der Waals surface area contributed by atoms with E-state index in [1.165, 1.54) is 11.8 Å². The quantitative estimate of drug-likeness (QED) is 0.682. The van der Waals surface area contributed by atoms with Gasteiger partial charge in [0.15, 0.2) is 0 Å². The summed E-state index contributed by atoms with van der Waals surface area (Å²) in [7, 11) is 0. The molecule has 1 unspecified atom stereocenters. The molecule has 0 bridgehead atoms. The minimum absolute atomic E-state index is 0.433. The monoisotopic (exact) mass is 180 g/mol. The Morgan fingerprint density at radius 1 is 1.67 bits per heavy atom. The fourth-order valence-corrected chi connectivity index (χ4v) is 1.27. The second-order valence-corrected chi connectivity index (χ2v) is 3.13. The van der Waals surface area contributed by atoms with Crippen molar-refractivity contribution < 1.29 is 0 Å². The van der Waals surface area contributed by atoms with Crippen LogP contribution in [0.25, 0.3) is 0 Å². The molecule has 1 rings (SSSR count). The van der Waals surface area contributed by atoms with Gasteiger partial charge in [0, 0.05) is 18.1 Å². The minimum Gasteiger partial charge on any atom is -0.315 e. The van der Waals surface area contributed by atoms with Crippen LogP contribution in [-0.2, 0) is 0 Å². The summed E-state index contributed by atoms with van der Waals surface area (Å²) in [6.45, 7) is 0. The Hall–Kier alpha value is -1.12. The number of hydrogen-bond acceptors (Lipinski definition) is 5. The SMILES string of the molecule is N#CC(N)CSc1cnccn1. The Kier molecular flexibility index (Phi) is 3.51. The van der Waals surface area contributed by atoms with Crippen LogP contribution in [0.2, 0.25) is 0 Å². The Labute approximate surface area is 74.8 Å². The Balaban J connectivity index is 2.40. The van der Waals surface area contributed by atoms with E-state index in [0.29, 0.717) is 5.75 Å². The molecule has 0 aliphatic heterocycles. The minimum atomic E-state index is -0.433. The van der Waals surface area contributed by atoms with E-state index < -0.39 is 6.04 Å². The first-order valence-electron chi connectivity index (χ1n) is 3.37. The number of aromatic nitrogens is 2. The van der Waals surface area contributed by atoms with Gasteiger partial charge >= 0.3 is 0 Å². The van der Waals surface area contributed by atoms with Crippen molar-refractivity contribution in [3.05, 3.63) is 18.6 Å². The highest BCUT2D eigenvalue weighted by molar-refractivity contribution is 7.99. The zero-order valence-corrected chi connectivity index (χ0v) is 7.16. The molecular weight excluding hydrogens is 172 g/mol. The van der Waals surface area contributed by atoms with Gasteiger partial charge in [-0.3, -0.25) is 4.98 Å². The summed E-state index contributed by atoms with van der Waals surface area (Å²) >= 11 is 1.43. The highest BCUT2D eigenvalue weighted by Gasteiger charge is 2.01. The van der Waals surface area contributed by atoms with Gasteiger partial charge in [0.1, 0.15) is 11.1 Å². The van der Waals surface area contributed by atoms with Crippen LogP contribution in [0.4, 0.5) is 0 Å². The Bertz CT molecular complexity index is 268. The van der Waals surface area contributed by atoms with Crippen LogP contribution in [0.1, 0.15) is 0 Å². The van der Waals surface area contributed by atoms with Crippen molar-refractivity contribution in [2.45, 2.75) is 11.1 Å². The molecular formula is C7H8N4S. The largest absolute Gasteiger partial charge is 0.315 e. The molecule has 0 aliphatic carbocycles. The highest BCUT2D eigenvalue weighted by atomic mass is 32.2. The van der Waals surface area contributed by atoms with E-state index in [2.05, 4.69) is 9.97 Å². The van der Waals surface area contributed by atoms with Gasteiger partial charge in [-0.05, 0) is 0 Å². The van der Waals surface area contributed by atoms with Crippen LogP contribution in [0.15, 0.2) is 23.6 Å². The molecule has 0 saturated carbocycles. The molecule has 0 radical (unpaired) electrons. The van der Waals surface area contributed by atoms with Crippen LogP contribution in [0, 0.1) is 11.3 Å². The van der Waals surface area contributed by atoms with Gasteiger partial charge in [-0.1, -0.05) is 0 Å². The third-order valence-electron chi connectivity index (χ3n) is 1.12. The van der Waals surface area contributed by atoms with Crippen LogP contribution >= 0.6 is 11.8 Å². The summed E-state index contributed by atoms with van der Waals surface area (Å²) in [6, 6.07) is 1.51. The number of rotatable bonds is 3. The molecule has 12 heavy (non-hydrogen) atoms. The fourth-order valence-electron chi connectivity index (χ4n) is 0.572. The van der Waals surface area contributed by atoms with Crippen LogP contribution in [0.3, 0.4) is 0 Å². The van der Waals surface area contributed by atoms with Crippen molar-refractivity contribution in [2.75, 3.05) is 5.75 Å². The number of nitrogens with two attached hydrogens (primary N) is 1. The highest BCUT2D eigenvalue weighted by Crippen LogP contribution is 2.12. The Morgan fingerprint density at radius 2 is 2.50 bits per heavy atom. The lowest BCUT2D eigenvalue weighted by Crippen LogP contribution is -2.19. The first-order valence-corrected chi connectivity index (χ1v) is 4.35. The average Bonchev–Trinajstić information content (AvgIpc) is 2.16. The molecule has 0 saturated heterocycles. The van der Waals surface area contributed by atoms with Crippen molar-refractivity contribution in [1.29, 1.82) is 5.26 Å². The van der Waals surface area contributed by atoms with Crippen molar-refractivity contribution in [1.82, 2.24) is 9.97 Å². The van der Waals surface area contributed by atoms with Gasteiger partial charge in [0.05, 0.1) is 12.3 Å². The van der Waals surface area contributed by atoms with E-state index in [9.17, 15) is 0 Å². The molecule has 0 spiro atoms. The maximum Gasteiger partial charge on any atom is 0.114 e. The third kappa shape index (κ3) is 2.86. The summed E-state index contributed by atoms with van der Waals surface area (Å²) in [5.74, 6) is 0.551. The molecule has 1 heterocycles. The Morgan fingerprint density at radius 3 is 3.08 bits per heavy atom. The van der Waals surface area contributed by atoms with Crippen molar-refractivity contribution >= 4 is 11.8 Å². The second-order valence-electron chi connectivity index (χ2n) is 2.09. The molecule has 1 aromatic heterocycles. The van der Waals surface area contributed by atoms with E-state index in [1.807, 2.05) is 6.07 Å². The van der Waals surface area contributed by atoms with Crippen molar-refractivity contribution in [3.63, 3.8) is 0 Å². The maximum absolute atomic E-state index is 8.39.